The maximum absolute atomic E-state index is 12.4. The van der Waals surface area contributed by atoms with Gasteiger partial charge in [-0.3, -0.25) is 14.9 Å². The van der Waals surface area contributed by atoms with E-state index >= 15 is 0 Å². The molecule has 1 aliphatic heterocycles. The van der Waals surface area contributed by atoms with Gasteiger partial charge in [-0.15, -0.1) is 0 Å². The number of anilines is 1. The zero-order chi connectivity index (χ0) is 16.9. The molecule has 2 aromatic carbocycles. The highest BCUT2D eigenvalue weighted by Crippen LogP contribution is 2.33. The van der Waals surface area contributed by atoms with Crippen molar-refractivity contribution in [2.75, 3.05) is 18.4 Å². The maximum atomic E-state index is 12.4. The molecule has 0 aliphatic carbocycles. The first-order chi connectivity index (χ1) is 11.7. The summed E-state index contributed by atoms with van der Waals surface area (Å²) in [6, 6.07) is 16.6. The molecule has 124 valence electrons. The van der Waals surface area contributed by atoms with Crippen molar-refractivity contribution in [3.63, 3.8) is 0 Å². The van der Waals surface area contributed by atoms with E-state index in [4.69, 9.17) is 0 Å². The van der Waals surface area contributed by atoms with Crippen LogP contribution >= 0.6 is 0 Å². The molecule has 0 spiro atoms. The van der Waals surface area contributed by atoms with E-state index in [2.05, 4.69) is 5.32 Å². The highest BCUT2D eigenvalue weighted by Gasteiger charge is 2.32. The molecule has 1 unspecified atom stereocenters. The van der Waals surface area contributed by atoms with Crippen LogP contribution in [0.15, 0.2) is 54.6 Å². The summed E-state index contributed by atoms with van der Waals surface area (Å²) in [6.45, 7) is 1.14. The summed E-state index contributed by atoms with van der Waals surface area (Å²) < 4.78 is 0. The molecule has 0 saturated carbocycles. The third-order valence-corrected chi connectivity index (χ3v) is 4.28. The van der Waals surface area contributed by atoms with E-state index in [9.17, 15) is 14.9 Å². The molecule has 2 aromatic rings. The van der Waals surface area contributed by atoms with Crippen molar-refractivity contribution in [2.45, 2.75) is 18.9 Å². The third-order valence-electron chi connectivity index (χ3n) is 4.28. The third kappa shape index (κ3) is 3.37. The highest BCUT2D eigenvalue weighted by atomic mass is 16.6. The van der Waals surface area contributed by atoms with Crippen molar-refractivity contribution in [3.8, 4) is 0 Å². The lowest BCUT2D eigenvalue weighted by Gasteiger charge is -2.41. The molecule has 24 heavy (non-hydrogen) atoms. The summed E-state index contributed by atoms with van der Waals surface area (Å²) >= 11 is 0. The topological polar surface area (TPSA) is 75.5 Å². The average Bonchev–Trinajstić information content (AvgIpc) is 2.55. The van der Waals surface area contributed by atoms with Crippen LogP contribution in [-0.2, 0) is 4.79 Å². The Balaban J connectivity index is 1.54. The molecular formula is C18H19N3O3. The van der Waals surface area contributed by atoms with Crippen LogP contribution in [0.5, 0.6) is 0 Å². The molecular weight excluding hydrogens is 306 g/mol. The van der Waals surface area contributed by atoms with Gasteiger partial charge in [-0.25, -0.2) is 0 Å². The van der Waals surface area contributed by atoms with Crippen LogP contribution in [0, 0.1) is 10.1 Å². The highest BCUT2D eigenvalue weighted by molar-refractivity contribution is 5.78. The maximum Gasteiger partial charge on any atom is 0.292 e. The number of nitrogens with zero attached hydrogens (tertiary/aromatic N) is 2. The second kappa shape index (κ2) is 7.12. The molecule has 0 aromatic heterocycles. The Morgan fingerprint density at radius 2 is 1.88 bits per heavy atom. The van der Waals surface area contributed by atoms with Gasteiger partial charge in [0.05, 0.1) is 11.0 Å². The van der Waals surface area contributed by atoms with Gasteiger partial charge >= 0.3 is 0 Å². The number of rotatable bonds is 6. The summed E-state index contributed by atoms with van der Waals surface area (Å²) in [5.41, 5.74) is 1.62. The molecule has 1 atom stereocenters. The first-order valence-corrected chi connectivity index (χ1v) is 7.98. The molecule has 1 saturated heterocycles. The van der Waals surface area contributed by atoms with Gasteiger partial charge in [0.15, 0.2) is 0 Å². The molecule has 1 heterocycles. The number of likely N-dealkylation sites (tertiary alicyclic amines) is 1. The Kier molecular flexibility index (Phi) is 4.74. The van der Waals surface area contributed by atoms with Gasteiger partial charge in [-0.1, -0.05) is 42.5 Å². The number of nitro benzene ring substituents is 1. The zero-order valence-corrected chi connectivity index (χ0v) is 13.2. The number of nitrogens with one attached hydrogen (secondary N) is 1. The summed E-state index contributed by atoms with van der Waals surface area (Å²) in [5, 5.41) is 14.0. The normalized spacial score (nSPS) is 16.3. The van der Waals surface area contributed by atoms with Gasteiger partial charge in [-0.05, 0) is 18.1 Å². The minimum Gasteiger partial charge on any atom is -0.379 e. The number of para-hydroxylation sites is 2. The quantitative estimate of drug-likeness (QED) is 0.652. The fraction of sp³-hybridized carbons (Fsp3) is 0.278. The summed E-state index contributed by atoms with van der Waals surface area (Å²) in [6.07, 6.45) is 1.29. The van der Waals surface area contributed by atoms with E-state index in [1.165, 1.54) is 6.07 Å². The van der Waals surface area contributed by atoms with Crippen molar-refractivity contribution < 1.29 is 9.72 Å². The van der Waals surface area contributed by atoms with Crippen LogP contribution in [-0.4, -0.2) is 28.8 Å². The van der Waals surface area contributed by atoms with Crippen LogP contribution in [0.1, 0.15) is 24.4 Å². The monoisotopic (exact) mass is 325 g/mol. The van der Waals surface area contributed by atoms with Crippen molar-refractivity contribution in [2.24, 2.45) is 0 Å². The fourth-order valence-corrected chi connectivity index (χ4v) is 2.94. The van der Waals surface area contributed by atoms with E-state index < -0.39 is 4.92 Å². The van der Waals surface area contributed by atoms with E-state index in [0.29, 0.717) is 18.7 Å². The predicted molar refractivity (Wildman–Crippen MR) is 91.7 cm³/mol. The molecule has 1 N–H and O–H groups in total. The van der Waals surface area contributed by atoms with Gasteiger partial charge in [0, 0.05) is 25.6 Å². The van der Waals surface area contributed by atoms with Gasteiger partial charge < -0.3 is 10.2 Å². The number of benzene rings is 2. The van der Waals surface area contributed by atoms with Crippen LogP contribution in [0.3, 0.4) is 0 Å². The standard InChI is InChI=1S/C18H19N3O3/c22-18(20-13-11-16(20)14-6-2-1-3-7-14)10-12-19-15-8-4-5-9-17(15)21(23)24/h1-9,16,19H,10-13H2. The Morgan fingerprint density at radius 3 is 2.54 bits per heavy atom. The average molecular weight is 325 g/mol. The van der Waals surface area contributed by atoms with Gasteiger partial charge in [0.2, 0.25) is 5.91 Å². The second-order valence-electron chi connectivity index (χ2n) is 5.75. The van der Waals surface area contributed by atoms with E-state index in [-0.39, 0.29) is 17.6 Å². The Bertz CT molecular complexity index is 733. The van der Waals surface area contributed by atoms with E-state index in [0.717, 1.165) is 18.5 Å². The van der Waals surface area contributed by atoms with Crippen molar-refractivity contribution >= 4 is 17.3 Å². The molecule has 1 fully saturated rings. The lowest BCUT2D eigenvalue weighted by Crippen LogP contribution is -2.45. The summed E-state index contributed by atoms with van der Waals surface area (Å²) in [7, 11) is 0. The van der Waals surface area contributed by atoms with Gasteiger partial charge in [0.1, 0.15) is 5.69 Å². The number of carbonyl (C=O) groups is 1. The molecule has 1 aliphatic rings. The van der Waals surface area contributed by atoms with Crippen molar-refractivity contribution in [1.82, 2.24) is 4.90 Å². The fourth-order valence-electron chi connectivity index (χ4n) is 2.94. The first-order valence-electron chi connectivity index (χ1n) is 7.98. The second-order valence-corrected chi connectivity index (χ2v) is 5.75. The van der Waals surface area contributed by atoms with E-state index in [1.807, 2.05) is 35.2 Å². The number of hydrogen-bond acceptors (Lipinski definition) is 4. The summed E-state index contributed by atoms with van der Waals surface area (Å²) in [4.78, 5) is 24.8. The van der Waals surface area contributed by atoms with E-state index in [1.54, 1.807) is 18.2 Å². The van der Waals surface area contributed by atoms with Crippen LogP contribution in [0.25, 0.3) is 0 Å². The molecule has 6 heteroatoms. The lowest BCUT2D eigenvalue weighted by atomic mass is 9.94. The lowest BCUT2D eigenvalue weighted by molar-refractivity contribution is -0.384. The van der Waals surface area contributed by atoms with Crippen LogP contribution in [0.2, 0.25) is 0 Å². The molecule has 3 rings (SSSR count). The molecule has 0 radical (unpaired) electrons. The number of nitro groups is 1. The van der Waals surface area contributed by atoms with Crippen LogP contribution < -0.4 is 5.32 Å². The van der Waals surface area contributed by atoms with Crippen LogP contribution in [0.4, 0.5) is 11.4 Å². The van der Waals surface area contributed by atoms with Crippen molar-refractivity contribution in [3.05, 3.63) is 70.3 Å². The number of hydrogen-bond donors (Lipinski definition) is 1. The zero-order valence-electron chi connectivity index (χ0n) is 13.2. The van der Waals surface area contributed by atoms with Gasteiger partial charge in [-0.2, -0.15) is 0 Å². The Labute approximate surface area is 140 Å². The first kappa shape index (κ1) is 16.0. The minimum absolute atomic E-state index is 0.0241. The van der Waals surface area contributed by atoms with Crippen molar-refractivity contribution in [1.29, 1.82) is 0 Å². The number of carbonyl (C=O) groups excluding carboxylic acids is 1. The number of amides is 1. The smallest absolute Gasteiger partial charge is 0.292 e. The Hall–Kier alpha value is -2.89. The SMILES string of the molecule is O=C(CCNc1ccccc1[N+](=O)[O-])N1CCC1c1ccccc1. The minimum atomic E-state index is -0.426. The molecule has 1 amide bonds. The Morgan fingerprint density at radius 1 is 1.17 bits per heavy atom. The molecule has 6 nitrogen and oxygen atoms in total. The van der Waals surface area contributed by atoms with Gasteiger partial charge in [0.25, 0.3) is 5.69 Å². The summed E-state index contributed by atoms with van der Waals surface area (Å²) in [5.74, 6) is 0.0705. The molecule has 0 bridgehead atoms. The largest absolute Gasteiger partial charge is 0.379 e. The predicted octanol–water partition coefficient (Wildman–Crippen LogP) is 3.37.